The molecule has 0 bridgehead atoms. The first-order valence-corrected chi connectivity index (χ1v) is 12.5. The first kappa shape index (κ1) is 25.3. The summed E-state index contributed by atoms with van der Waals surface area (Å²) in [6, 6.07) is 14.1. The molecule has 1 N–H and O–H groups in total. The lowest BCUT2D eigenvalue weighted by Gasteiger charge is -2.39. The van der Waals surface area contributed by atoms with Crippen LogP contribution in [0, 0.1) is 12.7 Å². The van der Waals surface area contributed by atoms with Gasteiger partial charge in [0.15, 0.2) is 0 Å². The van der Waals surface area contributed by atoms with Crippen LogP contribution in [-0.4, -0.2) is 96.4 Å². The zero-order valence-corrected chi connectivity index (χ0v) is 20.8. The van der Waals surface area contributed by atoms with Gasteiger partial charge in [0.05, 0.1) is 12.6 Å². The first-order chi connectivity index (χ1) is 16.9. The number of anilines is 1. The molecule has 2 aliphatic rings. The topological polar surface area (TPSA) is 59.1 Å². The van der Waals surface area contributed by atoms with Gasteiger partial charge < -0.3 is 10.2 Å². The van der Waals surface area contributed by atoms with Crippen molar-refractivity contribution in [3.63, 3.8) is 0 Å². The number of carbonyl (C=O) groups excluding carboxylic acids is 2. The van der Waals surface area contributed by atoms with Crippen LogP contribution in [0.3, 0.4) is 0 Å². The molecule has 35 heavy (non-hydrogen) atoms. The van der Waals surface area contributed by atoms with Gasteiger partial charge in [-0.2, -0.15) is 0 Å². The Kier molecular flexibility index (Phi) is 8.49. The molecule has 8 heteroatoms. The molecule has 4 rings (SSSR count). The fourth-order valence-electron chi connectivity index (χ4n) is 4.76. The van der Waals surface area contributed by atoms with E-state index >= 15 is 0 Å². The van der Waals surface area contributed by atoms with Gasteiger partial charge in [-0.25, -0.2) is 4.39 Å². The van der Waals surface area contributed by atoms with E-state index in [0.29, 0.717) is 12.2 Å². The molecular formula is C27H36FN5O2. The Bertz CT molecular complexity index is 1020. The molecule has 2 saturated heterocycles. The molecule has 2 fully saturated rings. The van der Waals surface area contributed by atoms with Crippen molar-refractivity contribution >= 4 is 17.5 Å². The highest BCUT2D eigenvalue weighted by Crippen LogP contribution is 2.15. The Morgan fingerprint density at radius 3 is 2.29 bits per heavy atom. The molecule has 2 aromatic carbocycles. The Balaban J connectivity index is 1.17. The van der Waals surface area contributed by atoms with Crippen LogP contribution in [0.5, 0.6) is 0 Å². The van der Waals surface area contributed by atoms with Gasteiger partial charge in [-0.05, 0) is 43.2 Å². The molecular weight excluding hydrogens is 445 g/mol. The van der Waals surface area contributed by atoms with Crippen LogP contribution >= 0.6 is 0 Å². The van der Waals surface area contributed by atoms with Crippen molar-refractivity contribution in [2.75, 3.05) is 64.2 Å². The predicted octanol–water partition coefficient (Wildman–Crippen LogP) is 2.42. The van der Waals surface area contributed by atoms with Crippen LogP contribution in [0.1, 0.15) is 18.1 Å². The second-order valence-electron chi connectivity index (χ2n) is 9.57. The molecule has 2 amide bonds. The maximum Gasteiger partial charge on any atom is 0.241 e. The lowest BCUT2D eigenvalue weighted by atomic mass is 10.1. The third-order valence-electron chi connectivity index (χ3n) is 7.17. The number of amides is 2. The molecule has 0 spiro atoms. The molecule has 0 aromatic heterocycles. The molecule has 0 radical (unpaired) electrons. The summed E-state index contributed by atoms with van der Waals surface area (Å²) < 4.78 is 13.4. The van der Waals surface area contributed by atoms with Crippen LogP contribution in [0.2, 0.25) is 0 Å². The van der Waals surface area contributed by atoms with Gasteiger partial charge in [0.2, 0.25) is 11.8 Å². The maximum atomic E-state index is 13.4. The Hall–Kier alpha value is -2.81. The number of hydrogen-bond acceptors (Lipinski definition) is 5. The average Bonchev–Trinajstić information content (AvgIpc) is 2.86. The van der Waals surface area contributed by atoms with E-state index < -0.39 is 0 Å². The second kappa shape index (κ2) is 11.7. The monoisotopic (exact) mass is 481 g/mol. The van der Waals surface area contributed by atoms with Gasteiger partial charge in [-0.15, -0.1) is 0 Å². The fraction of sp³-hybridized carbons (Fsp3) is 0.481. The maximum absolute atomic E-state index is 13.4. The third-order valence-corrected chi connectivity index (χ3v) is 7.17. The largest absolute Gasteiger partial charge is 0.339 e. The van der Waals surface area contributed by atoms with Gasteiger partial charge in [-0.1, -0.05) is 30.3 Å². The standard InChI is InChI=1S/C27H36FN5O2/c1-21-6-3-4-7-23(21)19-30-12-16-33(17-13-30)26(34)20-31-10-14-32(15-11-31)22(2)27(35)29-25-9-5-8-24(28)18-25/h3-9,18,22H,10-17,19-20H2,1-2H3,(H,29,35). The van der Waals surface area contributed by atoms with Crippen molar-refractivity contribution in [2.24, 2.45) is 0 Å². The minimum atomic E-state index is -0.374. The number of piperazine rings is 2. The number of hydrogen-bond donors (Lipinski definition) is 1. The van der Waals surface area contributed by atoms with E-state index in [1.54, 1.807) is 12.1 Å². The lowest BCUT2D eigenvalue weighted by Crippen LogP contribution is -2.55. The van der Waals surface area contributed by atoms with Crippen LogP contribution in [0.25, 0.3) is 0 Å². The van der Waals surface area contributed by atoms with Crippen molar-refractivity contribution in [3.8, 4) is 0 Å². The number of carbonyl (C=O) groups is 2. The minimum absolute atomic E-state index is 0.149. The van der Waals surface area contributed by atoms with E-state index in [0.717, 1.165) is 58.9 Å². The number of benzene rings is 2. The van der Waals surface area contributed by atoms with E-state index in [-0.39, 0.29) is 23.7 Å². The van der Waals surface area contributed by atoms with Crippen LogP contribution < -0.4 is 5.32 Å². The van der Waals surface area contributed by atoms with Crippen molar-refractivity contribution in [1.82, 2.24) is 19.6 Å². The highest BCUT2D eigenvalue weighted by atomic mass is 19.1. The molecule has 0 aliphatic carbocycles. The van der Waals surface area contributed by atoms with E-state index in [9.17, 15) is 14.0 Å². The normalized spacial score (nSPS) is 18.9. The summed E-state index contributed by atoms with van der Waals surface area (Å²) in [5.41, 5.74) is 3.12. The molecule has 2 heterocycles. The Morgan fingerprint density at radius 2 is 1.60 bits per heavy atom. The Morgan fingerprint density at radius 1 is 0.914 bits per heavy atom. The SMILES string of the molecule is Cc1ccccc1CN1CCN(C(=O)CN2CCN(C(C)C(=O)Nc3cccc(F)c3)CC2)CC1. The van der Waals surface area contributed by atoms with Crippen LogP contribution in [0.15, 0.2) is 48.5 Å². The number of halogens is 1. The number of nitrogens with one attached hydrogen (secondary N) is 1. The minimum Gasteiger partial charge on any atom is -0.339 e. The van der Waals surface area contributed by atoms with Crippen LogP contribution in [-0.2, 0) is 16.1 Å². The zero-order valence-electron chi connectivity index (χ0n) is 20.8. The van der Waals surface area contributed by atoms with E-state index in [4.69, 9.17) is 0 Å². The quantitative estimate of drug-likeness (QED) is 0.658. The molecule has 2 aliphatic heterocycles. The number of rotatable bonds is 7. The highest BCUT2D eigenvalue weighted by molar-refractivity contribution is 5.94. The third kappa shape index (κ3) is 6.87. The average molecular weight is 482 g/mol. The molecule has 1 unspecified atom stereocenters. The molecule has 1 atom stereocenters. The van der Waals surface area contributed by atoms with E-state index in [1.807, 2.05) is 11.8 Å². The van der Waals surface area contributed by atoms with Gasteiger partial charge in [0.25, 0.3) is 0 Å². The number of nitrogens with zero attached hydrogens (tertiary/aromatic N) is 4. The summed E-state index contributed by atoms with van der Waals surface area (Å²) in [7, 11) is 0. The summed E-state index contributed by atoms with van der Waals surface area (Å²) in [4.78, 5) is 34.2. The van der Waals surface area contributed by atoms with E-state index in [2.05, 4.69) is 51.2 Å². The molecule has 0 saturated carbocycles. The number of aryl methyl sites for hydroxylation is 1. The molecule has 188 valence electrons. The van der Waals surface area contributed by atoms with Gasteiger partial charge >= 0.3 is 0 Å². The fourth-order valence-corrected chi connectivity index (χ4v) is 4.76. The van der Waals surface area contributed by atoms with Crippen molar-refractivity contribution in [3.05, 3.63) is 65.5 Å². The summed E-state index contributed by atoms with van der Waals surface area (Å²) in [6.07, 6.45) is 0. The smallest absolute Gasteiger partial charge is 0.241 e. The molecule has 7 nitrogen and oxygen atoms in total. The predicted molar refractivity (Wildman–Crippen MR) is 136 cm³/mol. The van der Waals surface area contributed by atoms with E-state index in [1.165, 1.54) is 23.3 Å². The van der Waals surface area contributed by atoms with Gasteiger partial charge in [0, 0.05) is 64.6 Å². The summed E-state index contributed by atoms with van der Waals surface area (Å²) in [5.74, 6) is -0.337. The summed E-state index contributed by atoms with van der Waals surface area (Å²) >= 11 is 0. The van der Waals surface area contributed by atoms with Crippen molar-refractivity contribution in [2.45, 2.75) is 26.4 Å². The highest BCUT2D eigenvalue weighted by Gasteiger charge is 2.28. The summed E-state index contributed by atoms with van der Waals surface area (Å²) in [5, 5.41) is 2.79. The van der Waals surface area contributed by atoms with Crippen LogP contribution in [0.4, 0.5) is 10.1 Å². The lowest BCUT2D eigenvalue weighted by molar-refractivity contribution is -0.135. The molecule has 2 aromatic rings. The van der Waals surface area contributed by atoms with Gasteiger partial charge in [0.1, 0.15) is 5.82 Å². The second-order valence-corrected chi connectivity index (χ2v) is 9.57. The van der Waals surface area contributed by atoms with Crippen molar-refractivity contribution in [1.29, 1.82) is 0 Å². The van der Waals surface area contributed by atoms with Crippen molar-refractivity contribution < 1.29 is 14.0 Å². The summed E-state index contributed by atoms with van der Waals surface area (Å²) in [6.45, 7) is 11.6. The zero-order chi connectivity index (χ0) is 24.8. The first-order valence-electron chi connectivity index (χ1n) is 12.5. The Labute approximate surface area is 207 Å². The van der Waals surface area contributed by atoms with Gasteiger partial charge in [-0.3, -0.25) is 24.3 Å².